The van der Waals surface area contributed by atoms with Gasteiger partial charge in [0.05, 0.1) is 21.5 Å². The quantitative estimate of drug-likeness (QED) is 0.502. The second-order valence-electron chi connectivity index (χ2n) is 4.22. The molecule has 0 aromatic heterocycles. The lowest BCUT2D eigenvalue weighted by Crippen LogP contribution is -2.08. The summed E-state index contributed by atoms with van der Waals surface area (Å²) in [4.78, 5) is 10.6. The van der Waals surface area contributed by atoms with E-state index in [9.17, 15) is 14.3 Å². The number of nitrogens with two attached hydrogens (primary N) is 1. The average molecular weight is 306 g/mol. The molecule has 0 bridgehead atoms. The summed E-state index contributed by atoms with van der Waals surface area (Å²) in [7, 11) is -1.26. The molecule has 0 radical (unpaired) electrons. The Hall–Kier alpha value is -2.41. The molecule has 0 amide bonds. The first-order chi connectivity index (χ1) is 10.1. The summed E-state index contributed by atoms with van der Waals surface area (Å²) in [5, 5.41) is 10.5. The van der Waals surface area contributed by atoms with E-state index in [0.29, 0.717) is 22.1 Å². The lowest BCUT2D eigenvalue weighted by Gasteiger charge is -2.06. The number of nitro benzene ring substituents is 1. The van der Waals surface area contributed by atoms with Crippen LogP contribution in [-0.2, 0) is 10.8 Å². The zero-order valence-electron chi connectivity index (χ0n) is 11.1. The molecule has 7 heteroatoms. The van der Waals surface area contributed by atoms with E-state index in [2.05, 4.69) is 0 Å². The average Bonchev–Trinajstić information content (AvgIpc) is 2.47. The van der Waals surface area contributed by atoms with Gasteiger partial charge in [0.25, 0.3) is 5.69 Å². The lowest BCUT2D eigenvalue weighted by atomic mass is 10.3. The number of rotatable bonds is 6. The smallest absolute Gasteiger partial charge is 0.269 e. The maximum Gasteiger partial charge on any atom is 0.269 e. The van der Waals surface area contributed by atoms with Gasteiger partial charge in [-0.15, -0.1) is 0 Å². The summed E-state index contributed by atoms with van der Waals surface area (Å²) in [6.45, 7) is 0.271. The third kappa shape index (κ3) is 4.28. The third-order valence-electron chi connectivity index (χ3n) is 2.71. The van der Waals surface area contributed by atoms with Crippen LogP contribution in [0, 0.1) is 10.1 Å². The van der Waals surface area contributed by atoms with Crippen molar-refractivity contribution in [3.05, 3.63) is 58.6 Å². The number of non-ortho nitro benzene ring substituents is 1. The Bertz CT molecular complexity index is 658. The molecule has 2 aromatic carbocycles. The van der Waals surface area contributed by atoms with Gasteiger partial charge in [-0.2, -0.15) is 0 Å². The van der Waals surface area contributed by atoms with Gasteiger partial charge >= 0.3 is 0 Å². The number of nitro groups is 1. The Morgan fingerprint density at radius 3 is 2.52 bits per heavy atom. The van der Waals surface area contributed by atoms with Gasteiger partial charge in [-0.3, -0.25) is 14.3 Å². The molecule has 2 aromatic rings. The predicted molar refractivity (Wildman–Crippen MR) is 80.7 cm³/mol. The van der Waals surface area contributed by atoms with E-state index in [1.54, 1.807) is 24.3 Å². The van der Waals surface area contributed by atoms with Crippen LogP contribution in [0.15, 0.2) is 53.4 Å². The number of ether oxygens (including phenoxy) is 1. The number of nitrogen functional groups attached to an aromatic ring is 1. The van der Waals surface area contributed by atoms with Crippen molar-refractivity contribution in [2.24, 2.45) is 0 Å². The van der Waals surface area contributed by atoms with Crippen LogP contribution in [0.2, 0.25) is 0 Å². The zero-order valence-corrected chi connectivity index (χ0v) is 11.9. The third-order valence-corrected chi connectivity index (χ3v) is 4.04. The Morgan fingerprint density at radius 2 is 1.90 bits per heavy atom. The fraction of sp³-hybridized carbons (Fsp3) is 0.143. The minimum atomic E-state index is -1.26. The van der Waals surface area contributed by atoms with Gasteiger partial charge in [0.15, 0.2) is 0 Å². The first-order valence-electron chi connectivity index (χ1n) is 6.17. The highest BCUT2D eigenvalue weighted by Crippen LogP contribution is 2.16. The highest BCUT2D eigenvalue weighted by molar-refractivity contribution is 7.85. The van der Waals surface area contributed by atoms with Crippen molar-refractivity contribution in [1.29, 1.82) is 0 Å². The molecule has 110 valence electrons. The number of nitrogens with zero attached hydrogens (tertiary/aromatic N) is 1. The standard InChI is InChI=1S/C14H14N2O4S/c15-11-2-1-3-13(10-11)20-8-9-21(19)14-6-4-12(5-7-14)16(17)18/h1-7,10H,8-9,15H2. The predicted octanol–water partition coefficient (Wildman–Crippen LogP) is 2.36. The molecule has 21 heavy (non-hydrogen) atoms. The summed E-state index contributed by atoms with van der Waals surface area (Å²) in [6.07, 6.45) is 0. The van der Waals surface area contributed by atoms with Crippen molar-refractivity contribution in [1.82, 2.24) is 0 Å². The van der Waals surface area contributed by atoms with Crippen molar-refractivity contribution in [3.8, 4) is 5.75 Å². The van der Waals surface area contributed by atoms with Crippen LogP contribution in [0.25, 0.3) is 0 Å². The summed E-state index contributed by atoms with van der Waals surface area (Å²) >= 11 is 0. The van der Waals surface area contributed by atoms with Crippen molar-refractivity contribution in [3.63, 3.8) is 0 Å². The van der Waals surface area contributed by atoms with Crippen molar-refractivity contribution in [2.45, 2.75) is 4.90 Å². The first-order valence-corrected chi connectivity index (χ1v) is 7.49. The molecule has 6 nitrogen and oxygen atoms in total. The van der Waals surface area contributed by atoms with E-state index in [0.717, 1.165) is 0 Å². The molecular formula is C14H14N2O4S. The van der Waals surface area contributed by atoms with Crippen LogP contribution in [0.1, 0.15) is 0 Å². The fourth-order valence-electron chi connectivity index (χ4n) is 1.68. The summed E-state index contributed by atoms with van der Waals surface area (Å²) in [5.41, 5.74) is 6.20. The maximum absolute atomic E-state index is 12.0. The molecule has 0 saturated heterocycles. The molecular weight excluding hydrogens is 292 g/mol. The Morgan fingerprint density at radius 1 is 1.19 bits per heavy atom. The highest BCUT2D eigenvalue weighted by Gasteiger charge is 2.08. The molecule has 0 aliphatic rings. The maximum atomic E-state index is 12.0. The van der Waals surface area contributed by atoms with Gasteiger partial charge < -0.3 is 10.5 Å². The largest absolute Gasteiger partial charge is 0.493 e. The van der Waals surface area contributed by atoms with Crippen molar-refractivity contribution < 1.29 is 13.9 Å². The highest BCUT2D eigenvalue weighted by atomic mass is 32.2. The number of hydrogen-bond acceptors (Lipinski definition) is 5. The van der Waals surface area contributed by atoms with Gasteiger partial charge in [-0.05, 0) is 24.3 Å². The molecule has 0 saturated carbocycles. The van der Waals surface area contributed by atoms with Crippen LogP contribution >= 0.6 is 0 Å². The van der Waals surface area contributed by atoms with Gasteiger partial charge in [0.2, 0.25) is 0 Å². The molecule has 0 aliphatic heterocycles. The lowest BCUT2D eigenvalue weighted by molar-refractivity contribution is -0.384. The van der Waals surface area contributed by atoms with Crippen LogP contribution in [0.5, 0.6) is 5.75 Å². The van der Waals surface area contributed by atoms with Crippen LogP contribution in [-0.4, -0.2) is 21.5 Å². The molecule has 0 spiro atoms. The van der Waals surface area contributed by atoms with E-state index in [-0.39, 0.29) is 12.3 Å². The summed E-state index contributed by atoms with van der Waals surface area (Å²) in [5.74, 6) is 0.919. The second kappa shape index (κ2) is 6.85. The van der Waals surface area contributed by atoms with E-state index >= 15 is 0 Å². The number of benzene rings is 2. The van der Waals surface area contributed by atoms with Crippen LogP contribution in [0.4, 0.5) is 11.4 Å². The SMILES string of the molecule is Nc1cccc(OCCS(=O)c2ccc([N+](=O)[O-])cc2)c1. The van der Waals surface area contributed by atoms with E-state index < -0.39 is 15.7 Å². The minimum Gasteiger partial charge on any atom is -0.493 e. The Labute approximate surface area is 124 Å². The molecule has 0 fully saturated rings. The van der Waals surface area contributed by atoms with Crippen molar-refractivity contribution in [2.75, 3.05) is 18.1 Å². The first kappa shape index (κ1) is 15.0. The van der Waals surface area contributed by atoms with Gasteiger partial charge in [-0.1, -0.05) is 6.07 Å². The summed E-state index contributed by atoms with van der Waals surface area (Å²) in [6, 6.07) is 12.7. The second-order valence-corrected chi connectivity index (χ2v) is 5.79. The van der Waals surface area contributed by atoms with Gasteiger partial charge in [-0.25, -0.2) is 0 Å². The monoisotopic (exact) mass is 306 g/mol. The number of anilines is 1. The topological polar surface area (TPSA) is 95.5 Å². The molecule has 0 aliphatic carbocycles. The Kier molecular flexibility index (Phi) is 4.89. The Balaban J connectivity index is 1.88. The molecule has 2 N–H and O–H groups in total. The normalized spacial score (nSPS) is 11.8. The van der Waals surface area contributed by atoms with E-state index in [1.807, 2.05) is 0 Å². The van der Waals surface area contributed by atoms with Crippen LogP contribution < -0.4 is 10.5 Å². The van der Waals surface area contributed by atoms with E-state index in [4.69, 9.17) is 10.5 Å². The number of hydrogen-bond donors (Lipinski definition) is 1. The zero-order chi connectivity index (χ0) is 15.2. The fourth-order valence-corrected chi connectivity index (χ4v) is 2.59. The van der Waals surface area contributed by atoms with Crippen LogP contribution in [0.3, 0.4) is 0 Å². The molecule has 1 unspecified atom stereocenters. The van der Waals surface area contributed by atoms with Gasteiger partial charge in [0.1, 0.15) is 12.4 Å². The van der Waals surface area contributed by atoms with Gasteiger partial charge in [0, 0.05) is 28.8 Å². The molecule has 1 atom stereocenters. The van der Waals surface area contributed by atoms with E-state index in [1.165, 1.54) is 24.3 Å². The summed E-state index contributed by atoms with van der Waals surface area (Å²) < 4.78 is 17.5. The molecule has 2 rings (SSSR count). The molecule has 0 heterocycles. The minimum absolute atomic E-state index is 0.0215. The van der Waals surface area contributed by atoms with Crippen molar-refractivity contribution >= 4 is 22.2 Å².